The third-order valence-electron chi connectivity index (χ3n) is 7.32. The van der Waals surface area contributed by atoms with E-state index >= 15 is 0 Å². The number of benzene rings is 2. The molecule has 2 aromatic heterocycles. The molecule has 2 heterocycles. The van der Waals surface area contributed by atoms with E-state index in [4.69, 9.17) is 9.62 Å². The van der Waals surface area contributed by atoms with Gasteiger partial charge in [0, 0.05) is 16.9 Å². The first-order valence-electron chi connectivity index (χ1n) is 10.9. The highest BCUT2D eigenvalue weighted by molar-refractivity contribution is 5.49. The molecule has 0 amide bonds. The summed E-state index contributed by atoms with van der Waals surface area (Å²) in [7, 11) is 0. The van der Waals surface area contributed by atoms with Gasteiger partial charge in [0.1, 0.15) is 5.76 Å². The molecule has 30 heavy (non-hydrogen) atoms. The van der Waals surface area contributed by atoms with Crippen LogP contribution in [0.1, 0.15) is 53.0 Å². The molecule has 6 rings (SSSR count). The number of hydrogen-bond donors (Lipinski definition) is 0. The van der Waals surface area contributed by atoms with Gasteiger partial charge in [-0.25, -0.2) is 0 Å². The summed E-state index contributed by atoms with van der Waals surface area (Å²) in [6, 6.07) is 21.7. The molecule has 3 atom stereocenters. The van der Waals surface area contributed by atoms with E-state index in [1.54, 1.807) is 0 Å². The van der Waals surface area contributed by atoms with E-state index in [0.29, 0.717) is 11.8 Å². The smallest absolute Gasteiger partial charge is 0.143 e. The number of hydrogen-bond acceptors (Lipinski definition) is 3. The van der Waals surface area contributed by atoms with Crippen LogP contribution in [0, 0.1) is 5.92 Å². The number of fused-ring (bicyclic) bond motifs is 4. The van der Waals surface area contributed by atoms with E-state index in [0.717, 1.165) is 31.6 Å². The Morgan fingerprint density at radius 3 is 2.57 bits per heavy atom. The van der Waals surface area contributed by atoms with Crippen LogP contribution < -0.4 is 0 Å². The predicted molar refractivity (Wildman–Crippen MR) is 115 cm³/mol. The molecule has 0 saturated heterocycles. The molecule has 0 spiro atoms. The Morgan fingerprint density at radius 1 is 1.00 bits per heavy atom. The number of aromatic nitrogens is 3. The number of aryl methyl sites for hydroxylation is 1. The quantitative estimate of drug-likeness (QED) is 0.483. The fraction of sp³-hybridized carbons (Fsp3) is 0.308. The van der Waals surface area contributed by atoms with Gasteiger partial charge in [-0.1, -0.05) is 72.7 Å². The predicted octanol–water partition coefficient (Wildman–Crippen LogP) is 5.13. The van der Waals surface area contributed by atoms with E-state index in [-0.39, 0.29) is 5.41 Å². The molecule has 0 unspecified atom stereocenters. The second-order valence-corrected chi connectivity index (χ2v) is 8.82. The third-order valence-corrected chi connectivity index (χ3v) is 7.32. The van der Waals surface area contributed by atoms with Gasteiger partial charge < -0.3 is 4.52 Å². The van der Waals surface area contributed by atoms with E-state index in [1.807, 2.05) is 6.20 Å². The Labute approximate surface area is 176 Å². The average molecular weight is 396 g/mol. The van der Waals surface area contributed by atoms with Gasteiger partial charge in [0.05, 0.1) is 24.6 Å². The topological polar surface area (TPSA) is 43.9 Å². The van der Waals surface area contributed by atoms with Crippen molar-refractivity contribution in [1.29, 1.82) is 0 Å². The highest BCUT2D eigenvalue weighted by Crippen LogP contribution is 2.56. The Hall–Kier alpha value is -3.14. The molecule has 4 heteroatoms. The van der Waals surface area contributed by atoms with Crippen molar-refractivity contribution in [3.05, 3.63) is 107 Å². The fourth-order valence-corrected chi connectivity index (χ4v) is 6.07. The molecule has 4 nitrogen and oxygen atoms in total. The van der Waals surface area contributed by atoms with Crippen LogP contribution >= 0.6 is 0 Å². The van der Waals surface area contributed by atoms with Crippen LogP contribution in [0.5, 0.6) is 0 Å². The fourth-order valence-electron chi connectivity index (χ4n) is 6.07. The van der Waals surface area contributed by atoms with Crippen molar-refractivity contribution in [2.45, 2.75) is 44.1 Å². The third kappa shape index (κ3) is 2.46. The Kier molecular flexibility index (Phi) is 3.95. The summed E-state index contributed by atoms with van der Waals surface area (Å²) in [4.78, 5) is 0. The zero-order chi connectivity index (χ0) is 20.1. The maximum Gasteiger partial charge on any atom is 0.143 e. The molecule has 2 aliphatic rings. The van der Waals surface area contributed by atoms with Gasteiger partial charge in [-0.2, -0.15) is 5.10 Å². The zero-order valence-electron chi connectivity index (χ0n) is 17.2. The molecule has 4 aromatic rings. The number of rotatable bonds is 3. The van der Waals surface area contributed by atoms with Crippen LogP contribution in [0.25, 0.3) is 0 Å². The molecular formula is C26H25N3O. The van der Waals surface area contributed by atoms with Crippen molar-refractivity contribution < 1.29 is 4.52 Å². The summed E-state index contributed by atoms with van der Waals surface area (Å²) in [5.74, 6) is 1.85. The second-order valence-electron chi connectivity index (χ2n) is 8.82. The first-order valence-corrected chi connectivity index (χ1v) is 10.9. The first kappa shape index (κ1) is 17.7. The largest absolute Gasteiger partial charge is 0.361 e. The van der Waals surface area contributed by atoms with E-state index in [2.05, 4.69) is 83.6 Å². The minimum atomic E-state index is -0.113. The zero-order valence-corrected chi connectivity index (χ0v) is 17.2. The highest BCUT2D eigenvalue weighted by atomic mass is 16.5. The van der Waals surface area contributed by atoms with Gasteiger partial charge in [-0.05, 0) is 41.9 Å². The SMILES string of the molecule is C[C@@H]1c2oncc2C[C@]2(c3ccccc3)c3c(cnn3Cc3ccccc3)CC[C@@H]12. The van der Waals surface area contributed by atoms with Crippen LogP contribution in [0.15, 0.2) is 77.6 Å². The molecule has 0 aliphatic heterocycles. The van der Waals surface area contributed by atoms with Crippen molar-refractivity contribution in [2.24, 2.45) is 5.92 Å². The van der Waals surface area contributed by atoms with E-state index in [1.165, 1.54) is 27.9 Å². The van der Waals surface area contributed by atoms with Gasteiger partial charge in [-0.3, -0.25) is 4.68 Å². The maximum absolute atomic E-state index is 5.72. The normalized spacial score (nSPS) is 24.7. The van der Waals surface area contributed by atoms with Crippen molar-refractivity contribution in [2.75, 3.05) is 0 Å². The maximum atomic E-state index is 5.72. The minimum absolute atomic E-state index is 0.113. The molecule has 150 valence electrons. The van der Waals surface area contributed by atoms with Crippen LogP contribution in [0.3, 0.4) is 0 Å². The Bertz CT molecular complexity index is 1180. The van der Waals surface area contributed by atoms with Crippen LogP contribution in [0.2, 0.25) is 0 Å². The molecule has 0 N–H and O–H groups in total. The summed E-state index contributed by atoms with van der Waals surface area (Å²) in [6.07, 6.45) is 7.15. The average Bonchev–Trinajstić information content (AvgIpc) is 3.42. The van der Waals surface area contributed by atoms with Gasteiger partial charge in [-0.15, -0.1) is 0 Å². The van der Waals surface area contributed by atoms with E-state index < -0.39 is 0 Å². The molecule has 0 bridgehead atoms. The molecule has 0 radical (unpaired) electrons. The lowest BCUT2D eigenvalue weighted by Crippen LogP contribution is -2.48. The van der Waals surface area contributed by atoms with Gasteiger partial charge in [0.15, 0.2) is 0 Å². The second kappa shape index (κ2) is 6.69. The summed E-state index contributed by atoms with van der Waals surface area (Å²) >= 11 is 0. The lowest BCUT2D eigenvalue weighted by atomic mass is 9.53. The first-order chi connectivity index (χ1) is 14.8. The van der Waals surface area contributed by atoms with Crippen molar-refractivity contribution >= 4 is 0 Å². The van der Waals surface area contributed by atoms with Crippen molar-refractivity contribution in [3.8, 4) is 0 Å². The molecule has 2 aromatic carbocycles. The van der Waals surface area contributed by atoms with Crippen molar-refractivity contribution in [3.63, 3.8) is 0 Å². The monoisotopic (exact) mass is 395 g/mol. The van der Waals surface area contributed by atoms with Crippen molar-refractivity contribution in [1.82, 2.24) is 14.9 Å². The van der Waals surface area contributed by atoms with Gasteiger partial charge >= 0.3 is 0 Å². The minimum Gasteiger partial charge on any atom is -0.361 e. The summed E-state index contributed by atoms with van der Waals surface area (Å²) < 4.78 is 7.98. The van der Waals surface area contributed by atoms with E-state index in [9.17, 15) is 0 Å². The standard InChI is InChI=1S/C26H25N3O/c1-18-23-13-12-20-15-27-29(17-19-8-4-2-5-9-19)25(20)26(23,22-10-6-3-7-11-22)14-21-16-28-30-24(18)21/h2-11,15-16,18,23H,12-14,17H2,1H3/t18-,23-,26+/m0/s1. The molecule has 2 aliphatic carbocycles. The molecular weight excluding hydrogens is 370 g/mol. The van der Waals surface area contributed by atoms with Crippen LogP contribution in [-0.2, 0) is 24.8 Å². The summed E-state index contributed by atoms with van der Waals surface area (Å²) in [5.41, 5.74) is 6.55. The number of nitrogens with zero attached hydrogens (tertiary/aromatic N) is 3. The highest BCUT2D eigenvalue weighted by Gasteiger charge is 2.54. The Morgan fingerprint density at radius 2 is 1.77 bits per heavy atom. The Balaban J connectivity index is 1.59. The summed E-state index contributed by atoms with van der Waals surface area (Å²) in [5, 5.41) is 9.07. The van der Waals surface area contributed by atoms with Gasteiger partial charge in [0.2, 0.25) is 0 Å². The molecule has 0 fully saturated rings. The summed E-state index contributed by atoms with van der Waals surface area (Å²) in [6.45, 7) is 3.11. The van der Waals surface area contributed by atoms with Gasteiger partial charge in [0.25, 0.3) is 0 Å². The van der Waals surface area contributed by atoms with Crippen LogP contribution in [0.4, 0.5) is 0 Å². The van der Waals surface area contributed by atoms with Crippen LogP contribution in [-0.4, -0.2) is 14.9 Å². The lowest BCUT2D eigenvalue weighted by Gasteiger charge is -2.50. The lowest BCUT2D eigenvalue weighted by molar-refractivity contribution is 0.184. The molecule has 0 saturated carbocycles.